The number of benzene rings is 1. The van der Waals surface area contributed by atoms with Crippen molar-refractivity contribution < 1.29 is 9.31 Å². The zero-order valence-corrected chi connectivity index (χ0v) is 7.45. The lowest BCUT2D eigenvalue weighted by molar-refractivity contribution is -0.387. The Morgan fingerprint density at radius 3 is 2.79 bits per heavy atom. The smallest absolute Gasteiger partial charge is 0.258 e. The number of hydrogen-bond donors (Lipinski definition) is 0. The summed E-state index contributed by atoms with van der Waals surface area (Å²) in [6.45, 7) is 1.61. The van der Waals surface area contributed by atoms with Gasteiger partial charge in [0.25, 0.3) is 0 Å². The summed E-state index contributed by atoms with van der Waals surface area (Å²) in [4.78, 5) is 9.58. The molecule has 0 saturated carbocycles. The Hall–Kier alpha value is -1.96. The number of nitro benzene ring substituents is 1. The molecule has 0 fully saturated rings. The molecule has 14 heavy (non-hydrogen) atoms. The molecule has 0 N–H and O–H groups in total. The van der Waals surface area contributed by atoms with Crippen molar-refractivity contribution in [3.8, 4) is 6.07 Å². The highest BCUT2D eigenvalue weighted by atomic mass is 19.1. The number of nitriles is 1. The van der Waals surface area contributed by atoms with Crippen molar-refractivity contribution in [2.75, 3.05) is 0 Å². The third-order valence-corrected chi connectivity index (χ3v) is 1.91. The topological polar surface area (TPSA) is 66.9 Å². The van der Waals surface area contributed by atoms with E-state index in [1.807, 2.05) is 0 Å². The average molecular weight is 194 g/mol. The predicted molar refractivity (Wildman–Crippen MR) is 47.1 cm³/mol. The van der Waals surface area contributed by atoms with Gasteiger partial charge in [-0.2, -0.15) is 9.65 Å². The number of nitro groups is 1. The minimum absolute atomic E-state index is 0.0988. The Bertz CT molecular complexity index is 424. The van der Waals surface area contributed by atoms with Gasteiger partial charge in [0.05, 0.1) is 17.4 Å². The van der Waals surface area contributed by atoms with Gasteiger partial charge in [-0.15, -0.1) is 0 Å². The first-order chi connectivity index (χ1) is 6.57. The van der Waals surface area contributed by atoms with Gasteiger partial charge in [0.2, 0.25) is 5.82 Å². The molecular weight excluding hydrogens is 187 g/mol. The van der Waals surface area contributed by atoms with Crippen molar-refractivity contribution >= 4 is 5.69 Å². The lowest BCUT2D eigenvalue weighted by Gasteiger charge is -2.02. The SMILES string of the molecule is Cc1ccc([N+](=O)[O-])c(F)c1CC#N. The Morgan fingerprint density at radius 1 is 1.64 bits per heavy atom. The number of rotatable bonds is 2. The maximum Gasteiger partial charge on any atom is 0.305 e. The predicted octanol–water partition coefficient (Wildman–Crippen LogP) is 2.11. The fourth-order valence-electron chi connectivity index (χ4n) is 1.14. The molecule has 72 valence electrons. The first kappa shape index (κ1) is 10.1. The molecular formula is C9H7FN2O2. The van der Waals surface area contributed by atoms with Gasteiger partial charge in [0, 0.05) is 11.6 Å². The molecule has 1 aromatic rings. The third-order valence-electron chi connectivity index (χ3n) is 1.91. The number of hydrogen-bond acceptors (Lipinski definition) is 3. The summed E-state index contributed by atoms with van der Waals surface area (Å²) in [6.07, 6.45) is -0.153. The molecule has 0 atom stereocenters. The molecule has 0 amide bonds. The molecule has 1 aromatic carbocycles. The second-order valence-corrected chi connectivity index (χ2v) is 2.79. The molecule has 0 aliphatic carbocycles. The molecule has 0 aliphatic rings. The molecule has 0 radical (unpaired) electrons. The lowest BCUT2D eigenvalue weighted by atomic mass is 10.0. The maximum atomic E-state index is 13.4. The maximum absolute atomic E-state index is 13.4. The van der Waals surface area contributed by atoms with E-state index in [9.17, 15) is 14.5 Å². The van der Waals surface area contributed by atoms with Gasteiger partial charge in [-0.05, 0) is 12.5 Å². The molecule has 0 unspecified atom stereocenters. The summed E-state index contributed by atoms with van der Waals surface area (Å²) in [5, 5.41) is 18.8. The van der Waals surface area contributed by atoms with Crippen LogP contribution in [0, 0.1) is 34.2 Å². The largest absolute Gasteiger partial charge is 0.305 e. The van der Waals surface area contributed by atoms with Crippen molar-refractivity contribution in [2.24, 2.45) is 0 Å². The zero-order chi connectivity index (χ0) is 10.7. The van der Waals surface area contributed by atoms with E-state index in [-0.39, 0.29) is 12.0 Å². The summed E-state index contributed by atoms with van der Waals surface area (Å²) in [5.74, 6) is -0.906. The lowest BCUT2D eigenvalue weighted by Crippen LogP contribution is -1.99. The number of nitrogens with zero attached hydrogens (tertiary/aromatic N) is 2. The summed E-state index contributed by atoms with van der Waals surface area (Å²) < 4.78 is 13.4. The monoisotopic (exact) mass is 194 g/mol. The van der Waals surface area contributed by atoms with Crippen LogP contribution in [-0.4, -0.2) is 4.92 Å². The van der Waals surface area contributed by atoms with Crippen LogP contribution in [-0.2, 0) is 6.42 Å². The van der Waals surface area contributed by atoms with E-state index in [1.165, 1.54) is 6.07 Å². The van der Waals surface area contributed by atoms with Crippen LogP contribution < -0.4 is 0 Å². The Kier molecular flexibility index (Phi) is 2.77. The van der Waals surface area contributed by atoms with Gasteiger partial charge < -0.3 is 0 Å². The molecule has 5 heteroatoms. The fraction of sp³-hybridized carbons (Fsp3) is 0.222. The standard InChI is InChI=1S/C9H7FN2O2/c1-6-2-3-8(12(13)14)9(10)7(6)4-5-11/h2-3H,4H2,1H3. The average Bonchev–Trinajstić information content (AvgIpc) is 2.11. The van der Waals surface area contributed by atoms with E-state index in [1.54, 1.807) is 13.0 Å². The Balaban J connectivity index is 3.35. The van der Waals surface area contributed by atoms with Crippen LogP contribution in [0.2, 0.25) is 0 Å². The van der Waals surface area contributed by atoms with Crippen LogP contribution in [0.25, 0.3) is 0 Å². The van der Waals surface area contributed by atoms with Gasteiger partial charge in [-0.3, -0.25) is 10.1 Å². The Labute approximate surface area is 79.7 Å². The fourth-order valence-corrected chi connectivity index (χ4v) is 1.14. The number of halogens is 1. The molecule has 1 rings (SSSR count). The van der Waals surface area contributed by atoms with Crippen molar-refractivity contribution in [3.63, 3.8) is 0 Å². The molecule has 0 bridgehead atoms. The highest BCUT2D eigenvalue weighted by Crippen LogP contribution is 2.23. The molecule has 4 nitrogen and oxygen atoms in total. The van der Waals surface area contributed by atoms with E-state index in [4.69, 9.17) is 5.26 Å². The second-order valence-electron chi connectivity index (χ2n) is 2.79. The summed E-state index contributed by atoms with van der Waals surface area (Å²) in [7, 11) is 0. The molecule has 0 saturated heterocycles. The van der Waals surface area contributed by atoms with E-state index < -0.39 is 16.4 Å². The zero-order valence-electron chi connectivity index (χ0n) is 7.45. The first-order valence-electron chi connectivity index (χ1n) is 3.87. The number of aryl methyl sites for hydroxylation is 1. The first-order valence-corrected chi connectivity index (χ1v) is 3.87. The van der Waals surface area contributed by atoms with Crippen LogP contribution in [0.5, 0.6) is 0 Å². The molecule has 0 spiro atoms. The molecule has 0 heterocycles. The van der Waals surface area contributed by atoms with Gasteiger partial charge >= 0.3 is 5.69 Å². The quantitative estimate of drug-likeness (QED) is 0.534. The summed E-state index contributed by atoms with van der Waals surface area (Å²) in [5.41, 5.74) is 0.0669. The highest BCUT2D eigenvalue weighted by Gasteiger charge is 2.18. The van der Waals surface area contributed by atoms with Crippen molar-refractivity contribution in [3.05, 3.63) is 39.2 Å². The van der Waals surface area contributed by atoms with Gasteiger partial charge in [-0.1, -0.05) is 6.07 Å². The van der Waals surface area contributed by atoms with Crippen molar-refractivity contribution in [2.45, 2.75) is 13.3 Å². The van der Waals surface area contributed by atoms with Gasteiger partial charge in [0.1, 0.15) is 0 Å². The molecule has 0 aliphatic heterocycles. The van der Waals surface area contributed by atoms with E-state index in [0.717, 1.165) is 6.07 Å². The Morgan fingerprint density at radius 2 is 2.29 bits per heavy atom. The highest BCUT2D eigenvalue weighted by molar-refractivity contribution is 5.42. The van der Waals surface area contributed by atoms with E-state index >= 15 is 0 Å². The van der Waals surface area contributed by atoms with E-state index in [2.05, 4.69) is 0 Å². The second kappa shape index (κ2) is 3.83. The molecule has 0 aromatic heterocycles. The van der Waals surface area contributed by atoms with Crippen LogP contribution in [0.15, 0.2) is 12.1 Å². The normalized spacial score (nSPS) is 9.50. The minimum atomic E-state index is -0.906. The minimum Gasteiger partial charge on any atom is -0.258 e. The van der Waals surface area contributed by atoms with Gasteiger partial charge in [-0.25, -0.2) is 0 Å². The third kappa shape index (κ3) is 1.69. The van der Waals surface area contributed by atoms with Crippen molar-refractivity contribution in [1.82, 2.24) is 0 Å². The van der Waals surface area contributed by atoms with Crippen molar-refractivity contribution in [1.29, 1.82) is 5.26 Å². The summed E-state index contributed by atoms with van der Waals surface area (Å²) in [6, 6.07) is 4.31. The van der Waals surface area contributed by atoms with Crippen LogP contribution in [0.3, 0.4) is 0 Å². The van der Waals surface area contributed by atoms with E-state index in [0.29, 0.717) is 5.56 Å². The van der Waals surface area contributed by atoms with Crippen LogP contribution in [0.4, 0.5) is 10.1 Å². The van der Waals surface area contributed by atoms with Crippen LogP contribution >= 0.6 is 0 Å². The van der Waals surface area contributed by atoms with Gasteiger partial charge in [0.15, 0.2) is 0 Å². The van der Waals surface area contributed by atoms with Crippen LogP contribution in [0.1, 0.15) is 11.1 Å². The summed E-state index contributed by atoms with van der Waals surface area (Å²) >= 11 is 0.